The lowest BCUT2D eigenvalue weighted by Crippen LogP contribution is -2.55. The molecule has 0 amide bonds. The lowest BCUT2D eigenvalue weighted by atomic mass is 10.0. The first-order valence-electron chi connectivity index (χ1n) is 3.02. The van der Waals surface area contributed by atoms with Gasteiger partial charge in [0, 0.05) is 5.75 Å². The minimum atomic E-state index is -5.75. The minimum absolute atomic E-state index is 0.374. The Labute approximate surface area is 72.5 Å². The number of hydrogen-bond acceptors (Lipinski definition) is 1. The Hall–Kier alpha value is -0.140. The summed E-state index contributed by atoms with van der Waals surface area (Å²) in [4.78, 5) is 0. The lowest BCUT2D eigenvalue weighted by molar-refractivity contribution is -0.293. The van der Waals surface area contributed by atoms with Gasteiger partial charge in [-0.05, 0) is 0 Å². The van der Waals surface area contributed by atoms with E-state index in [1.807, 2.05) is 0 Å². The fourth-order valence-corrected chi connectivity index (χ4v) is 1.97. The zero-order valence-corrected chi connectivity index (χ0v) is 6.65. The maximum Gasteiger partial charge on any atom is 0.429 e. The molecule has 2 atom stereocenters. The van der Waals surface area contributed by atoms with E-state index in [1.54, 1.807) is 0 Å². The zero-order chi connectivity index (χ0) is 10.5. The molecule has 0 aromatic carbocycles. The number of hydrogen-bond donors (Lipinski definition) is 0. The molecule has 1 aliphatic rings. The summed E-state index contributed by atoms with van der Waals surface area (Å²) in [5, 5.41) is 0. The van der Waals surface area contributed by atoms with Crippen molar-refractivity contribution in [3.05, 3.63) is 0 Å². The molecule has 0 saturated carbocycles. The number of halogens is 7. The Morgan fingerprint density at radius 2 is 1.62 bits per heavy atom. The van der Waals surface area contributed by atoms with Crippen molar-refractivity contribution in [3.8, 4) is 0 Å². The summed E-state index contributed by atoms with van der Waals surface area (Å²) in [6.45, 7) is 0. The summed E-state index contributed by atoms with van der Waals surface area (Å²) >= 11 is -0.374. The van der Waals surface area contributed by atoms with Gasteiger partial charge in [0.1, 0.15) is 0 Å². The highest BCUT2D eigenvalue weighted by atomic mass is 32.2. The molecule has 0 aliphatic carbocycles. The van der Waals surface area contributed by atoms with Gasteiger partial charge in [-0.3, -0.25) is 0 Å². The highest BCUT2D eigenvalue weighted by Gasteiger charge is 2.77. The summed E-state index contributed by atoms with van der Waals surface area (Å²) in [5.74, 6) is -6.61. The van der Waals surface area contributed by atoms with E-state index >= 15 is 0 Å². The molecule has 13 heavy (non-hydrogen) atoms. The highest BCUT2D eigenvalue weighted by Crippen LogP contribution is 2.56. The second kappa shape index (κ2) is 2.68. The van der Waals surface area contributed by atoms with Crippen LogP contribution >= 0.6 is 11.8 Å². The normalized spacial score (nSPS) is 39.5. The quantitative estimate of drug-likeness (QED) is 0.574. The monoisotopic (exact) mass is 228 g/mol. The molecule has 8 heteroatoms. The molecule has 1 heterocycles. The first-order valence-corrected chi connectivity index (χ1v) is 4.07. The predicted octanol–water partition coefficient (Wildman–Crippen LogP) is 2.93. The highest BCUT2D eigenvalue weighted by molar-refractivity contribution is 8.00. The van der Waals surface area contributed by atoms with Gasteiger partial charge in [-0.2, -0.15) is 22.0 Å². The number of thioether (sulfide) groups is 1. The molecule has 2 unspecified atom stereocenters. The van der Waals surface area contributed by atoms with E-state index in [1.165, 1.54) is 0 Å². The molecular formula is C5H3F7S. The molecule has 1 rings (SSSR count). The summed E-state index contributed by atoms with van der Waals surface area (Å²) in [6, 6.07) is 0. The van der Waals surface area contributed by atoms with Crippen molar-refractivity contribution in [2.24, 2.45) is 0 Å². The second-order valence-electron chi connectivity index (χ2n) is 2.55. The van der Waals surface area contributed by atoms with E-state index in [4.69, 9.17) is 0 Å². The van der Waals surface area contributed by atoms with Crippen molar-refractivity contribution >= 4 is 11.8 Å². The molecule has 0 spiro atoms. The third-order valence-electron chi connectivity index (χ3n) is 1.69. The van der Waals surface area contributed by atoms with Crippen LogP contribution < -0.4 is 0 Å². The van der Waals surface area contributed by atoms with Crippen molar-refractivity contribution in [1.29, 1.82) is 0 Å². The number of alkyl halides is 7. The van der Waals surface area contributed by atoms with Crippen LogP contribution in [0.3, 0.4) is 0 Å². The van der Waals surface area contributed by atoms with Gasteiger partial charge in [-0.15, -0.1) is 11.8 Å². The van der Waals surface area contributed by atoms with E-state index in [9.17, 15) is 30.7 Å². The Kier molecular flexibility index (Phi) is 2.25. The Balaban J connectivity index is 3.06. The second-order valence-corrected chi connectivity index (χ2v) is 3.58. The van der Waals surface area contributed by atoms with Crippen LogP contribution in [0.5, 0.6) is 0 Å². The van der Waals surface area contributed by atoms with Crippen LogP contribution in [0.2, 0.25) is 0 Å². The lowest BCUT2D eigenvalue weighted by Gasteiger charge is -2.28. The van der Waals surface area contributed by atoms with E-state index in [2.05, 4.69) is 0 Å². The Morgan fingerprint density at radius 3 is 1.77 bits per heavy atom. The first-order chi connectivity index (χ1) is 5.63. The standard InChI is InChI=1S/C5H3F7S/c6-2-4(8,9)3(7,1-13-2)5(10,11)12/h2H,1H2. The van der Waals surface area contributed by atoms with Crippen LogP contribution in [-0.4, -0.2) is 29.0 Å². The van der Waals surface area contributed by atoms with Gasteiger partial charge in [-0.1, -0.05) is 0 Å². The first kappa shape index (κ1) is 10.9. The minimum Gasteiger partial charge on any atom is -0.229 e. The van der Waals surface area contributed by atoms with Crippen LogP contribution in [0.25, 0.3) is 0 Å². The Bertz CT molecular complexity index is 211. The average Bonchev–Trinajstić information content (AvgIpc) is 2.13. The van der Waals surface area contributed by atoms with Crippen molar-refractivity contribution < 1.29 is 30.7 Å². The maximum absolute atomic E-state index is 12.7. The fraction of sp³-hybridized carbons (Fsp3) is 1.00. The van der Waals surface area contributed by atoms with Crippen LogP contribution in [0, 0.1) is 0 Å². The third kappa shape index (κ3) is 1.29. The van der Waals surface area contributed by atoms with Gasteiger partial charge in [0.25, 0.3) is 5.67 Å². The zero-order valence-electron chi connectivity index (χ0n) is 5.84. The van der Waals surface area contributed by atoms with Gasteiger partial charge in [0.2, 0.25) is 5.50 Å². The largest absolute Gasteiger partial charge is 0.429 e. The van der Waals surface area contributed by atoms with Gasteiger partial charge < -0.3 is 0 Å². The maximum atomic E-state index is 12.7. The molecule has 0 nitrogen and oxygen atoms in total. The summed E-state index contributed by atoms with van der Waals surface area (Å²) in [7, 11) is 0. The van der Waals surface area contributed by atoms with Crippen LogP contribution in [0.1, 0.15) is 0 Å². The topological polar surface area (TPSA) is 0 Å². The average molecular weight is 228 g/mol. The van der Waals surface area contributed by atoms with E-state index in [0.717, 1.165) is 0 Å². The van der Waals surface area contributed by atoms with E-state index in [0.29, 0.717) is 0 Å². The van der Waals surface area contributed by atoms with Crippen molar-refractivity contribution in [1.82, 2.24) is 0 Å². The van der Waals surface area contributed by atoms with Crippen LogP contribution in [-0.2, 0) is 0 Å². The van der Waals surface area contributed by atoms with Crippen molar-refractivity contribution in [3.63, 3.8) is 0 Å². The molecule has 0 radical (unpaired) electrons. The predicted molar refractivity (Wildman–Crippen MR) is 32.2 cm³/mol. The summed E-state index contributed by atoms with van der Waals surface area (Å²) in [6.07, 6.45) is -5.75. The molecule has 0 aromatic heterocycles. The third-order valence-corrected chi connectivity index (χ3v) is 2.84. The molecular weight excluding hydrogens is 225 g/mol. The van der Waals surface area contributed by atoms with Gasteiger partial charge >= 0.3 is 12.1 Å². The van der Waals surface area contributed by atoms with Gasteiger partial charge in [0.15, 0.2) is 0 Å². The Morgan fingerprint density at radius 1 is 1.15 bits per heavy atom. The van der Waals surface area contributed by atoms with Crippen molar-refractivity contribution in [2.75, 3.05) is 5.75 Å². The molecule has 0 bridgehead atoms. The summed E-state index contributed by atoms with van der Waals surface area (Å²) in [5.41, 5.74) is -7.89. The molecule has 78 valence electrons. The van der Waals surface area contributed by atoms with Gasteiger partial charge in [-0.25, -0.2) is 8.78 Å². The van der Waals surface area contributed by atoms with E-state index < -0.39 is 29.0 Å². The smallest absolute Gasteiger partial charge is 0.229 e. The van der Waals surface area contributed by atoms with E-state index in [-0.39, 0.29) is 11.8 Å². The molecule has 1 aliphatic heterocycles. The molecule has 0 aromatic rings. The van der Waals surface area contributed by atoms with Crippen LogP contribution in [0.15, 0.2) is 0 Å². The fourth-order valence-electron chi connectivity index (χ4n) is 0.840. The van der Waals surface area contributed by atoms with Gasteiger partial charge in [0.05, 0.1) is 0 Å². The molecule has 1 saturated heterocycles. The van der Waals surface area contributed by atoms with Crippen LogP contribution in [0.4, 0.5) is 30.7 Å². The molecule has 0 N–H and O–H groups in total. The molecule has 1 fully saturated rings. The number of rotatable bonds is 0. The summed E-state index contributed by atoms with van der Waals surface area (Å²) < 4.78 is 85.0. The SMILES string of the molecule is FC1SCC(F)(C(F)(F)F)C1(F)F. The van der Waals surface area contributed by atoms with Crippen molar-refractivity contribution in [2.45, 2.75) is 23.3 Å².